The molecule has 17 heavy (non-hydrogen) atoms. The van der Waals surface area contributed by atoms with Crippen LogP contribution in [0.5, 0.6) is 0 Å². The summed E-state index contributed by atoms with van der Waals surface area (Å²) in [7, 11) is 1.84. The average Bonchev–Trinajstić information content (AvgIpc) is 2.89. The number of carbonyl (C=O) groups excluding carboxylic acids is 1. The number of nitrogens with one attached hydrogen (secondary N) is 1. The van der Waals surface area contributed by atoms with Gasteiger partial charge in [-0.05, 0) is 26.7 Å². The lowest BCUT2D eigenvalue weighted by Gasteiger charge is -2.12. The molecule has 0 spiro atoms. The molecule has 0 saturated heterocycles. The molecule has 0 radical (unpaired) electrons. The van der Waals surface area contributed by atoms with Crippen LogP contribution in [0.25, 0.3) is 0 Å². The first kappa shape index (κ1) is 12.1. The molecular weight excluding hydrogens is 218 g/mol. The van der Waals surface area contributed by atoms with Gasteiger partial charge in [-0.15, -0.1) is 0 Å². The van der Waals surface area contributed by atoms with Crippen LogP contribution >= 0.6 is 0 Å². The molecule has 94 valence electrons. The number of hydrogen-bond donors (Lipinski definition) is 1. The highest BCUT2D eigenvalue weighted by Crippen LogP contribution is 2.34. The molecule has 5 nitrogen and oxygen atoms in total. The van der Waals surface area contributed by atoms with Crippen LogP contribution in [0.4, 0.5) is 0 Å². The maximum atomic E-state index is 11.7. The molecule has 1 aliphatic rings. The van der Waals surface area contributed by atoms with E-state index in [1.165, 1.54) is 12.8 Å². The van der Waals surface area contributed by atoms with Crippen molar-refractivity contribution in [3.8, 4) is 0 Å². The number of aromatic nitrogens is 2. The third kappa shape index (κ3) is 2.66. The van der Waals surface area contributed by atoms with E-state index in [1.807, 2.05) is 7.05 Å². The molecule has 1 heterocycles. The van der Waals surface area contributed by atoms with E-state index < -0.39 is 0 Å². The summed E-state index contributed by atoms with van der Waals surface area (Å²) in [5.41, 5.74) is 1.69. The summed E-state index contributed by atoms with van der Waals surface area (Å²) in [5.74, 6) is -0.293. The number of hydrogen-bond acceptors (Lipinski definition) is 4. The topological polar surface area (TPSA) is 56.1 Å². The predicted molar refractivity (Wildman–Crippen MR) is 63.6 cm³/mol. The van der Waals surface area contributed by atoms with Gasteiger partial charge in [0.05, 0.1) is 18.5 Å². The Kier molecular flexibility index (Phi) is 3.19. The van der Waals surface area contributed by atoms with Crippen molar-refractivity contribution in [3.63, 3.8) is 0 Å². The van der Waals surface area contributed by atoms with Gasteiger partial charge in [-0.1, -0.05) is 0 Å². The van der Waals surface area contributed by atoms with Crippen LogP contribution in [0, 0.1) is 0 Å². The van der Waals surface area contributed by atoms with Crippen LogP contribution in [0.15, 0.2) is 6.20 Å². The zero-order chi connectivity index (χ0) is 12.5. The van der Waals surface area contributed by atoms with Gasteiger partial charge in [0.1, 0.15) is 5.56 Å². The number of aryl methyl sites for hydroxylation is 1. The van der Waals surface area contributed by atoms with E-state index in [0.29, 0.717) is 18.7 Å². The van der Waals surface area contributed by atoms with Gasteiger partial charge in [0.2, 0.25) is 0 Å². The van der Waals surface area contributed by atoms with Crippen molar-refractivity contribution >= 4 is 5.97 Å². The molecule has 0 unspecified atom stereocenters. The van der Waals surface area contributed by atoms with E-state index in [1.54, 1.807) is 17.8 Å². The van der Waals surface area contributed by atoms with Gasteiger partial charge in [0.15, 0.2) is 0 Å². The second kappa shape index (κ2) is 4.49. The minimum atomic E-state index is -0.293. The molecule has 0 amide bonds. The molecule has 1 aromatic rings. The molecule has 1 aromatic heterocycles. The average molecular weight is 237 g/mol. The van der Waals surface area contributed by atoms with E-state index in [4.69, 9.17) is 4.74 Å². The van der Waals surface area contributed by atoms with Crippen LogP contribution in [0.3, 0.4) is 0 Å². The Bertz CT molecular complexity index is 421. The van der Waals surface area contributed by atoms with Crippen molar-refractivity contribution in [2.24, 2.45) is 7.05 Å². The van der Waals surface area contributed by atoms with Crippen LogP contribution in [0.1, 0.15) is 42.7 Å². The third-order valence-corrected chi connectivity index (χ3v) is 3.24. The van der Waals surface area contributed by atoms with Gasteiger partial charge >= 0.3 is 5.97 Å². The van der Waals surface area contributed by atoms with Crippen molar-refractivity contribution in [1.29, 1.82) is 0 Å². The molecule has 0 atom stereocenters. The zero-order valence-corrected chi connectivity index (χ0v) is 10.6. The van der Waals surface area contributed by atoms with Crippen LogP contribution in [-0.4, -0.2) is 27.9 Å². The third-order valence-electron chi connectivity index (χ3n) is 3.24. The fourth-order valence-electron chi connectivity index (χ4n) is 1.71. The van der Waals surface area contributed by atoms with Gasteiger partial charge in [-0.3, -0.25) is 4.68 Å². The number of esters is 1. The summed E-state index contributed by atoms with van der Waals surface area (Å²) < 4.78 is 6.74. The Morgan fingerprint density at radius 3 is 2.94 bits per heavy atom. The van der Waals surface area contributed by atoms with Gasteiger partial charge in [-0.2, -0.15) is 5.10 Å². The van der Waals surface area contributed by atoms with E-state index in [2.05, 4.69) is 17.3 Å². The molecule has 1 aliphatic carbocycles. The quantitative estimate of drug-likeness (QED) is 0.783. The fraction of sp³-hybridized carbons (Fsp3) is 0.667. The first-order valence-corrected chi connectivity index (χ1v) is 5.99. The maximum Gasteiger partial charge on any atom is 0.341 e. The van der Waals surface area contributed by atoms with Crippen LogP contribution in [0.2, 0.25) is 0 Å². The molecule has 0 aromatic carbocycles. The standard InChI is InChI=1S/C12H19N3O2/c1-4-17-11(16)9-7-14-15(3)10(9)8-13-12(2)5-6-12/h7,13H,4-6,8H2,1-3H3. The molecule has 0 aliphatic heterocycles. The van der Waals surface area contributed by atoms with Crippen molar-refractivity contribution in [3.05, 3.63) is 17.5 Å². The second-order valence-electron chi connectivity index (χ2n) is 4.76. The Hall–Kier alpha value is -1.36. The molecule has 1 saturated carbocycles. The summed E-state index contributed by atoms with van der Waals surface area (Å²) >= 11 is 0. The Morgan fingerprint density at radius 2 is 2.35 bits per heavy atom. The Balaban J connectivity index is 2.08. The first-order valence-electron chi connectivity index (χ1n) is 5.99. The highest BCUT2D eigenvalue weighted by Gasteiger charge is 2.36. The van der Waals surface area contributed by atoms with Gasteiger partial charge in [0.25, 0.3) is 0 Å². The smallest absolute Gasteiger partial charge is 0.341 e. The van der Waals surface area contributed by atoms with E-state index in [-0.39, 0.29) is 11.5 Å². The number of nitrogens with zero attached hydrogens (tertiary/aromatic N) is 2. The molecule has 1 fully saturated rings. The van der Waals surface area contributed by atoms with Crippen LogP contribution in [-0.2, 0) is 18.3 Å². The first-order chi connectivity index (χ1) is 8.06. The van der Waals surface area contributed by atoms with Crippen molar-refractivity contribution < 1.29 is 9.53 Å². The lowest BCUT2D eigenvalue weighted by atomic mass is 10.2. The largest absolute Gasteiger partial charge is 0.462 e. The highest BCUT2D eigenvalue weighted by atomic mass is 16.5. The van der Waals surface area contributed by atoms with Gasteiger partial charge < -0.3 is 10.1 Å². The Morgan fingerprint density at radius 1 is 1.65 bits per heavy atom. The normalized spacial score (nSPS) is 16.9. The second-order valence-corrected chi connectivity index (χ2v) is 4.76. The lowest BCUT2D eigenvalue weighted by Crippen LogP contribution is -2.29. The molecule has 1 N–H and O–H groups in total. The summed E-state index contributed by atoms with van der Waals surface area (Å²) in [6.45, 7) is 5.03. The van der Waals surface area contributed by atoms with Crippen molar-refractivity contribution in [1.82, 2.24) is 15.1 Å². The molecular formula is C12H19N3O2. The fourth-order valence-corrected chi connectivity index (χ4v) is 1.71. The number of carbonyl (C=O) groups is 1. The summed E-state index contributed by atoms with van der Waals surface area (Å²) in [6, 6.07) is 0. The monoisotopic (exact) mass is 237 g/mol. The van der Waals surface area contributed by atoms with Crippen molar-refractivity contribution in [2.75, 3.05) is 6.61 Å². The molecule has 5 heteroatoms. The van der Waals surface area contributed by atoms with Crippen LogP contribution < -0.4 is 5.32 Å². The number of ether oxygens (including phenoxy) is 1. The molecule has 0 bridgehead atoms. The zero-order valence-electron chi connectivity index (χ0n) is 10.6. The Labute approximate surface area is 101 Å². The molecule has 2 rings (SSSR count). The minimum absolute atomic E-state index is 0.246. The summed E-state index contributed by atoms with van der Waals surface area (Å²) in [4.78, 5) is 11.7. The highest BCUT2D eigenvalue weighted by molar-refractivity contribution is 5.90. The maximum absolute atomic E-state index is 11.7. The number of rotatable bonds is 5. The predicted octanol–water partition coefficient (Wildman–Crippen LogP) is 1.24. The van der Waals surface area contributed by atoms with Gasteiger partial charge in [-0.25, -0.2) is 4.79 Å². The van der Waals surface area contributed by atoms with Crippen molar-refractivity contribution in [2.45, 2.75) is 38.8 Å². The van der Waals surface area contributed by atoms with E-state index in [0.717, 1.165) is 5.69 Å². The van der Waals surface area contributed by atoms with E-state index >= 15 is 0 Å². The minimum Gasteiger partial charge on any atom is -0.462 e. The summed E-state index contributed by atoms with van der Waals surface area (Å²) in [6.07, 6.45) is 3.96. The van der Waals surface area contributed by atoms with E-state index in [9.17, 15) is 4.79 Å². The van der Waals surface area contributed by atoms with Gasteiger partial charge in [0, 0.05) is 19.1 Å². The lowest BCUT2D eigenvalue weighted by molar-refractivity contribution is 0.0524. The summed E-state index contributed by atoms with van der Waals surface area (Å²) in [5, 5.41) is 7.56. The SMILES string of the molecule is CCOC(=O)c1cnn(C)c1CNC1(C)CC1.